The van der Waals surface area contributed by atoms with Gasteiger partial charge in [0.25, 0.3) is 0 Å². The first-order valence-electron chi connectivity index (χ1n) is 7.41. The molecule has 0 bridgehead atoms. The van der Waals surface area contributed by atoms with Crippen LogP contribution in [0.2, 0.25) is 0 Å². The number of aromatic nitrogens is 2. The van der Waals surface area contributed by atoms with Crippen molar-refractivity contribution < 1.29 is 9.84 Å². The Morgan fingerprint density at radius 3 is 3.05 bits per heavy atom. The van der Waals surface area contributed by atoms with Crippen molar-refractivity contribution >= 4 is 5.96 Å². The standard InChI is InChI=1S/C14H25N5O2/c1-15-14(16-8-12-5-3-4-6-21-12)17-9-13(20)11-7-18-19(2)10-11/h7,10,12-13,20H,3-6,8-9H2,1-2H3,(H2,15,16,17). The maximum atomic E-state index is 10.1. The van der Waals surface area contributed by atoms with E-state index in [0.29, 0.717) is 12.5 Å². The summed E-state index contributed by atoms with van der Waals surface area (Å²) in [7, 11) is 3.54. The third-order valence-corrected chi connectivity index (χ3v) is 3.57. The van der Waals surface area contributed by atoms with E-state index in [9.17, 15) is 5.11 Å². The maximum Gasteiger partial charge on any atom is 0.191 e. The van der Waals surface area contributed by atoms with E-state index in [-0.39, 0.29) is 6.10 Å². The van der Waals surface area contributed by atoms with Crippen molar-refractivity contribution in [2.24, 2.45) is 12.0 Å². The molecule has 0 amide bonds. The summed E-state index contributed by atoms with van der Waals surface area (Å²) in [5.41, 5.74) is 0.788. The smallest absolute Gasteiger partial charge is 0.191 e. The van der Waals surface area contributed by atoms with Crippen LogP contribution >= 0.6 is 0 Å². The molecule has 2 atom stereocenters. The van der Waals surface area contributed by atoms with Gasteiger partial charge in [-0.15, -0.1) is 0 Å². The van der Waals surface area contributed by atoms with Crippen LogP contribution in [-0.2, 0) is 11.8 Å². The van der Waals surface area contributed by atoms with Gasteiger partial charge in [-0.25, -0.2) is 0 Å². The Bertz CT molecular complexity index is 454. The average Bonchev–Trinajstić information content (AvgIpc) is 2.95. The normalized spacial score (nSPS) is 21.1. The zero-order chi connectivity index (χ0) is 15.1. The van der Waals surface area contributed by atoms with E-state index in [0.717, 1.165) is 31.6 Å². The summed E-state index contributed by atoms with van der Waals surface area (Å²) in [6, 6.07) is 0. The van der Waals surface area contributed by atoms with Crippen molar-refractivity contribution in [3.63, 3.8) is 0 Å². The van der Waals surface area contributed by atoms with Crippen LogP contribution in [0.5, 0.6) is 0 Å². The van der Waals surface area contributed by atoms with E-state index in [1.165, 1.54) is 6.42 Å². The monoisotopic (exact) mass is 295 g/mol. The molecule has 1 aromatic heterocycles. The van der Waals surface area contributed by atoms with Crippen LogP contribution in [0.3, 0.4) is 0 Å². The lowest BCUT2D eigenvalue weighted by atomic mass is 10.1. The SMILES string of the molecule is CN=C(NCC1CCCCO1)NCC(O)c1cnn(C)c1. The molecule has 2 rings (SSSR count). The van der Waals surface area contributed by atoms with Gasteiger partial charge >= 0.3 is 0 Å². The molecule has 0 radical (unpaired) electrons. The van der Waals surface area contributed by atoms with E-state index < -0.39 is 6.10 Å². The molecule has 21 heavy (non-hydrogen) atoms. The molecule has 2 heterocycles. The van der Waals surface area contributed by atoms with Crippen LogP contribution in [-0.4, -0.2) is 53.7 Å². The summed E-state index contributed by atoms with van der Waals surface area (Å²) in [5.74, 6) is 0.673. The number of aliphatic hydroxyl groups is 1. The van der Waals surface area contributed by atoms with Gasteiger partial charge in [-0.1, -0.05) is 0 Å². The molecule has 1 aliphatic rings. The second-order valence-corrected chi connectivity index (χ2v) is 5.29. The van der Waals surface area contributed by atoms with Gasteiger partial charge in [0.15, 0.2) is 5.96 Å². The second-order valence-electron chi connectivity index (χ2n) is 5.29. The van der Waals surface area contributed by atoms with Crippen LogP contribution in [0.1, 0.15) is 30.9 Å². The maximum absolute atomic E-state index is 10.1. The molecule has 1 aromatic rings. The fourth-order valence-corrected chi connectivity index (χ4v) is 2.32. The fourth-order valence-electron chi connectivity index (χ4n) is 2.32. The van der Waals surface area contributed by atoms with Crippen LogP contribution in [0.15, 0.2) is 17.4 Å². The van der Waals surface area contributed by atoms with E-state index in [1.54, 1.807) is 24.1 Å². The van der Waals surface area contributed by atoms with Crippen molar-refractivity contribution in [3.05, 3.63) is 18.0 Å². The molecule has 3 N–H and O–H groups in total. The van der Waals surface area contributed by atoms with E-state index in [1.807, 2.05) is 7.05 Å². The molecule has 0 saturated carbocycles. The Morgan fingerprint density at radius 2 is 2.43 bits per heavy atom. The quantitative estimate of drug-likeness (QED) is 0.533. The number of ether oxygens (including phenoxy) is 1. The molecule has 1 fully saturated rings. The van der Waals surface area contributed by atoms with Crippen LogP contribution < -0.4 is 10.6 Å². The van der Waals surface area contributed by atoms with Gasteiger partial charge in [0.05, 0.1) is 18.4 Å². The molecule has 1 saturated heterocycles. The largest absolute Gasteiger partial charge is 0.386 e. The summed E-state index contributed by atoms with van der Waals surface area (Å²) in [4.78, 5) is 4.15. The topological polar surface area (TPSA) is 83.7 Å². The molecule has 2 unspecified atom stereocenters. The van der Waals surface area contributed by atoms with Crippen molar-refractivity contribution in [2.75, 3.05) is 26.7 Å². The molecule has 1 aliphatic heterocycles. The van der Waals surface area contributed by atoms with Gasteiger partial charge in [-0.3, -0.25) is 9.67 Å². The summed E-state index contributed by atoms with van der Waals surface area (Å²) in [6.07, 6.45) is 6.57. The van der Waals surface area contributed by atoms with Crippen molar-refractivity contribution in [3.8, 4) is 0 Å². The zero-order valence-electron chi connectivity index (χ0n) is 12.7. The number of aryl methyl sites for hydroxylation is 1. The number of rotatable bonds is 5. The molecule has 7 heteroatoms. The summed E-state index contributed by atoms with van der Waals surface area (Å²) >= 11 is 0. The Balaban J connectivity index is 1.72. The predicted molar refractivity (Wildman–Crippen MR) is 81.1 cm³/mol. The summed E-state index contributed by atoms with van der Waals surface area (Å²) < 4.78 is 7.34. The van der Waals surface area contributed by atoms with Crippen LogP contribution in [0, 0.1) is 0 Å². The van der Waals surface area contributed by atoms with Gasteiger partial charge < -0.3 is 20.5 Å². The number of hydrogen-bond donors (Lipinski definition) is 3. The first-order valence-corrected chi connectivity index (χ1v) is 7.41. The predicted octanol–water partition coefficient (Wildman–Crippen LogP) is 0.188. The minimum absolute atomic E-state index is 0.251. The lowest BCUT2D eigenvalue weighted by molar-refractivity contribution is 0.0194. The first-order chi connectivity index (χ1) is 10.2. The number of nitrogens with zero attached hydrogens (tertiary/aromatic N) is 3. The van der Waals surface area contributed by atoms with Crippen LogP contribution in [0.4, 0.5) is 0 Å². The first kappa shape index (κ1) is 15.8. The highest BCUT2D eigenvalue weighted by molar-refractivity contribution is 5.79. The van der Waals surface area contributed by atoms with Gasteiger partial charge in [-0.05, 0) is 19.3 Å². The summed E-state index contributed by atoms with van der Waals surface area (Å²) in [5, 5.41) is 20.5. The molecule has 0 aliphatic carbocycles. The van der Waals surface area contributed by atoms with E-state index >= 15 is 0 Å². The molecule has 118 valence electrons. The average molecular weight is 295 g/mol. The third-order valence-electron chi connectivity index (χ3n) is 3.57. The Kier molecular flexibility index (Phi) is 6.01. The highest BCUT2D eigenvalue weighted by Gasteiger charge is 2.15. The zero-order valence-corrected chi connectivity index (χ0v) is 12.7. The van der Waals surface area contributed by atoms with Crippen molar-refractivity contribution in [2.45, 2.75) is 31.5 Å². The Morgan fingerprint density at radius 1 is 1.57 bits per heavy atom. The number of aliphatic hydroxyl groups excluding tert-OH is 1. The molecular formula is C14H25N5O2. The minimum atomic E-state index is -0.608. The molecule has 0 spiro atoms. The van der Waals surface area contributed by atoms with Crippen LogP contribution in [0.25, 0.3) is 0 Å². The van der Waals surface area contributed by atoms with Gasteiger partial charge in [0.1, 0.15) is 0 Å². The third kappa shape index (κ3) is 5.02. The van der Waals surface area contributed by atoms with Crippen molar-refractivity contribution in [1.29, 1.82) is 0 Å². The number of nitrogens with one attached hydrogen (secondary N) is 2. The molecular weight excluding hydrogens is 270 g/mol. The molecule has 0 aromatic carbocycles. The molecule has 7 nitrogen and oxygen atoms in total. The Hall–Kier alpha value is -1.60. The lowest BCUT2D eigenvalue weighted by Gasteiger charge is -2.24. The van der Waals surface area contributed by atoms with Gasteiger partial charge in [0.2, 0.25) is 0 Å². The minimum Gasteiger partial charge on any atom is -0.386 e. The van der Waals surface area contributed by atoms with E-state index in [2.05, 4.69) is 20.7 Å². The number of hydrogen-bond acceptors (Lipinski definition) is 4. The highest BCUT2D eigenvalue weighted by atomic mass is 16.5. The number of aliphatic imine (C=N–C) groups is 1. The fraction of sp³-hybridized carbons (Fsp3) is 0.714. The van der Waals surface area contributed by atoms with E-state index in [4.69, 9.17) is 4.74 Å². The van der Waals surface area contributed by atoms with Gasteiger partial charge in [-0.2, -0.15) is 5.10 Å². The second kappa shape index (κ2) is 7.99. The Labute approximate surface area is 125 Å². The lowest BCUT2D eigenvalue weighted by Crippen LogP contribution is -2.43. The van der Waals surface area contributed by atoms with Crippen molar-refractivity contribution in [1.82, 2.24) is 20.4 Å². The summed E-state index contributed by atoms with van der Waals surface area (Å²) in [6.45, 7) is 1.97. The number of guanidine groups is 1. The highest BCUT2D eigenvalue weighted by Crippen LogP contribution is 2.11. The van der Waals surface area contributed by atoms with Gasteiger partial charge in [0, 0.05) is 45.6 Å².